The van der Waals surface area contributed by atoms with E-state index >= 15 is 0 Å². The number of ether oxygens (including phenoxy) is 1. The Balaban J connectivity index is 1.65. The molecule has 1 atom stereocenters. The molecule has 1 unspecified atom stereocenters. The number of phenols is 1. The maximum Gasteiger partial charge on any atom is 0.323 e. The molecule has 35 heavy (non-hydrogen) atoms. The number of nitrogens with one attached hydrogen (secondary N) is 3. The fraction of sp³-hybridized carbons (Fsp3) is 0.259. The first kappa shape index (κ1) is 25.6. The molecule has 0 saturated heterocycles. The minimum Gasteiger partial charge on any atom is -0.506 e. The normalized spacial score (nSPS) is 11.4. The van der Waals surface area contributed by atoms with Crippen LogP contribution in [0.1, 0.15) is 37.3 Å². The van der Waals surface area contributed by atoms with Gasteiger partial charge in [-0.3, -0.25) is 4.79 Å². The van der Waals surface area contributed by atoms with Crippen LogP contribution in [0.25, 0.3) is 0 Å². The number of carbonyl (C=O) groups excluding carboxylic acids is 2. The molecule has 3 aromatic rings. The van der Waals surface area contributed by atoms with Crippen LogP contribution < -0.4 is 20.7 Å². The summed E-state index contributed by atoms with van der Waals surface area (Å²) in [5.74, 6) is -0.311. The van der Waals surface area contributed by atoms with Gasteiger partial charge in [-0.05, 0) is 74.7 Å². The van der Waals surface area contributed by atoms with Crippen LogP contribution in [-0.2, 0) is 4.79 Å². The van der Waals surface area contributed by atoms with Crippen LogP contribution in [-0.4, -0.2) is 23.1 Å². The number of unbranched alkanes of at least 4 members (excludes halogenated alkanes) is 1. The summed E-state index contributed by atoms with van der Waals surface area (Å²) in [5, 5.41) is 18.2. The highest BCUT2D eigenvalue weighted by Crippen LogP contribution is 2.28. The van der Waals surface area contributed by atoms with Crippen molar-refractivity contribution in [3.63, 3.8) is 0 Å². The summed E-state index contributed by atoms with van der Waals surface area (Å²) < 4.78 is 19.0. The van der Waals surface area contributed by atoms with Gasteiger partial charge in [-0.1, -0.05) is 31.0 Å². The molecule has 3 amide bonds. The highest BCUT2D eigenvalue weighted by molar-refractivity contribution is 6.01. The molecule has 0 fully saturated rings. The van der Waals surface area contributed by atoms with Gasteiger partial charge in [-0.2, -0.15) is 0 Å². The number of carbonyl (C=O) groups is 2. The number of halogens is 1. The predicted octanol–water partition coefficient (Wildman–Crippen LogP) is 6.37. The van der Waals surface area contributed by atoms with Crippen LogP contribution >= 0.6 is 0 Å². The van der Waals surface area contributed by atoms with Crippen LogP contribution in [0.15, 0.2) is 60.7 Å². The summed E-state index contributed by atoms with van der Waals surface area (Å²) in [4.78, 5) is 25.2. The van der Waals surface area contributed by atoms with Gasteiger partial charge in [-0.25, -0.2) is 9.18 Å². The average molecular weight is 480 g/mol. The standard InChI is InChI=1S/C27H30FN3O4/c1-4-5-6-25(35-24-14-7-17(2)15-18(24)3)26(33)29-21-12-13-22(23(32)16-21)31-27(34)30-20-10-8-19(28)9-11-20/h7-16,25,32H,4-6H2,1-3H3,(H,29,33)(H2,30,31,34). The summed E-state index contributed by atoms with van der Waals surface area (Å²) >= 11 is 0. The molecule has 4 N–H and O–H groups in total. The van der Waals surface area contributed by atoms with Crippen LogP contribution in [0.5, 0.6) is 11.5 Å². The topological polar surface area (TPSA) is 99.7 Å². The van der Waals surface area contributed by atoms with Gasteiger partial charge < -0.3 is 25.8 Å². The maximum absolute atomic E-state index is 13.0. The number of amides is 3. The third-order valence-corrected chi connectivity index (χ3v) is 5.33. The molecule has 0 aliphatic carbocycles. The number of urea groups is 1. The van der Waals surface area contributed by atoms with E-state index in [1.807, 2.05) is 39.0 Å². The number of aryl methyl sites for hydroxylation is 2. The van der Waals surface area contributed by atoms with Gasteiger partial charge in [0.1, 0.15) is 17.3 Å². The molecular formula is C27H30FN3O4. The smallest absolute Gasteiger partial charge is 0.323 e. The lowest BCUT2D eigenvalue weighted by Gasteiger charge is -2.20. The third kappa shape index (κ3) is 7.46. The molecule has 0 radical (unpaired) electrons. The van der Waals surface area contributed by atoms with Gasteiger partial charge in [0.15, 0.2) is 6.10 Å². The van der Waals surface area contributed by atoms with Gasteiger partial charge in [0, 0.05) is 17.4 Å². The Bertz CT molecular complexity index is 1180. The fourth-order valence-electron chi connectivity index (χ4n) is 3.47. The van der Waals surface area contributed by atoms with E-state index in [1.165, 1.54) is 36.4 Å². The molecule has 8 heteroatoms. The van der Waals surface area contributed by atoms with E-state index in [-0.39, 0.29) is 17.3 Å². The number of benzene rings is 3. The van der Waals surface area contributed by atoms with Crippen molar-refractivity contribution in [1.82, 2.24) is 0 Å². The second-order valence-electron chi connectivity index (χ2n) is 8.32. The summed E-state index contributed by atoms with van der Waals surface area (Å²) in [7, 11) is 0. The quantitative estimate of drug-likeness (QED) is 0.268. The van der Waals surface area contributed by atoms with E-state index in [0.29, 0.717) is 23.5 Å². The lowest BCUT2D eigenvalue weighted by Crippen LogP contribution is -2.33. The third-order valence-electron chi connectivity index (χ3n) is 5.33. The van der Waals surface area contributed by atoms with Crippen LogP contribution in [0.4, 0.5) is 26.2 Å². The summed E-state index contributed by atoms with van der Waals surface area (Å²) in [6, 6.07) is 14.9. The second kappa shape index (κ2) is 11.9. The molecule has 3 rings (SSSR count). The molecule has 7 nitrogen and oxygen atoms in total. The Hall–Kier alpha value is -4.07. The Morgan fingerprint density at radius 1 is 0.943 bits per heavy atom. The second-order valence-corrected chi connectivity index (χ2v) is 8.32. The van der Waals surface area contributed by atoms with Crippen molar-refractivity contribution in [2.24, 2.45) is 0 Å². The lowest BCUT2D eigenvalue weighted by molar-refractivity contribution is -0.123. The number of hydrogen-bond donors (Lipinski definition) is 4. The Morgan fingerprint density at radius 3 is 2.31 bits per heavy atom. The number of phenolic OH excluding ortho intramolecular Hbond substituents is 1. The van der Waals surface area contributed by atoms with E-state index in [4.69, 9.17) is 4.74 Å². The van der Waals surface area contributed by atoms with Crippen molar-refractivity contribution < 1.29 is 23.8 Å². The van der Waals surface area contributed by atoms with E-state index < -0.39 is 18.0 Å². The minimum atomic E-state index is -0.696. The van der Waals surface area contributed by atoms with Crippen molar-refractivity contribution in [3.8, 4) is 11.5 Å². The Kier molecular flexibility index (Phi) is 8.67. The van der Waals surface area contributed by atoms with Gasteiger partial charge in [0.2, 0.25) is 0 Å². The van der Waals surface area contributed by atoms with E-state index in [0.717, 1.165) is 24.0 Å². The zero-order valence-electron chi connectivity index (χ0n) is 20.0. The van der Waals surface area contributed by atoms with Crippen molar-refractivity contribution in [2.75, 3.05) is 16.0 Å². The first-order valence-corrected chi connectivity index (χ1v) is 11.5. The molecular weight excluding hydrogens is 449 g/mol. The molecule has 0 aliphatic heterocycles. The van der Waals surface area contributed by atoms with Gasteiger partial charge in [0.05, 0.1) is 5.69 Å². The largest absolute Gasteiger partial charge is 0.506 e. The van der Waals surface area contributed by atoms with Crippen molar-refractivity contribution in [1.29, 1.82) is 0 Å². The molecule has 0 aromatic heterocycles. The average Bonchev–Trinajstić information content (AvgIpc) is 2.81. The van der Waals surface area contributed by atoms with Crippen LogP contribution in [0, 0.1) is 19.7 Å². The lowest BCUT2D eigenvalue weighted by atomic mass is 10.1. The highest BCUT2D eigenvalue weighted by Gasteiger charge is 2.21. The molecule has 0 spiro atoms. The van der Waals surface area contributed by atoms with E-state index in [9.17, 15) is 19.1 Å². The van der Waals surface area contributed by atoms with Crippen molar-refractivity contribution >= 4 is 29.0 Å². The fourth-order valence-corrected chi connectivity index (χ4v) is 3.47. The zero-order chi connectivity index (χ0) is 25.4. The van der Waals surface area contributed by atoms with E-state index in [2.05, 4.69) is 16.0 Å². The molecule has 3 aromatic carbocycles. The van der Waals surface area contributed by atoms with Crippen molar-refractivity contribution in [2.45, 2.75) is 46.1 Å². The summed E-state index contributed by atoms with van der Waals surface area (Å²) in [6.45, 7) is 5.98. The van der Waals surface area contributed by atoms with Gasteiger partial charge in [-0.15, -0.1) is 0 Å². The summed E-state index contributed by atoms with van der Waals surface area (Å²) in [5.41, 5.74) is 2.97. The highest BCUT2D eigenvalue weighted by atomic mass is 19.1. The number of hydrogen-bond acceptors (Lipinski definition) is 4. The predicted molar refractivity (Wildman–Crippen MR) is 136 cm³/mol. The SMILES string of the molecule is CCCCC(Oc1ccc(C)cc1C)C(=O)Nc1ccc(NC(=O)Nc2ccc(F)cc2)c(O)c1. The Labute approximate surface area is 204 Å². The summed E-state index contributed by atoms with van der Waals surface area (Å²) in [6.07, 6.45) is 1.59. The molecule has 0 bridgehead atoms. The van der Waals surface area contributed by atoms with E-state index in [1.54, 1.807) is 6.07 Å². The zero-order valence-corrected chi connectivity index (χ0v) is 20.0. The van der Waals surface area contributed by atoms with Gasteiger partial charge >= 0.3 is 6.03 Å². The maximum atomic E-state index is 13.0. The molecule has 0 heterocycles. The first-order chi connectivity index (χ1) is 16.7. The van der Waals surface area contributed by atoms with Crippen LogP contribution in [0.3, 0.4) is 0 Å². The number of anilines is 3. The number of rotatable bonds is 9. The molecule has 0 saturated carbocycles. The first-order valence-electron chi connectivity index (χ1n) is 11.5. The number of aromatic hydroxyl groups is 1. The molecule has 184 valence electrons. The minimum absolute atomic E-state index is 0.150. The van der Waals surface area contributed by atoms with Crippen LogP contribution in [0.2, 0.25) is 0 Å². The van der Waals surface area contributed by atoms with Crippen molar-refractivity contribution in [3.05, 3.63) is 77.6 Å². The Morgan fingerprint density at radius 2 is 1.66 bits per heavy atom. The monoisotopic (exact) mass is 479 g/mol. The molecule has 0 aliphatic rings. The van der Waals surface area contributed by atoms with Gasteiger partial charge in [0.25, 0.3) is 5.91 Å².